The molecule has 2 rings (SSSR count). The topological polar surface area (TPSA) is 18.5 Å². The predicted octanol–water partition coefficient (Wildman–Crippen LogP) is 2.04. The first-order valence-electron chi connectivity index (χ1n) is 5.58. The van der Waals surface area contributed by atoms with Gasteiger partial charge >= 0.3 is 7.12 Å². The molecule has 0 unspecified atom stereocenters. The van der Waals surface area contributed by atoms with Crippen LogP contribution in [0.15, 0.2) is 12.1 Å². The van der Waals surface area contributed by atoms with E-state index in [2.05, 4.69) is 0 Å². The van der Waals surface area contributed by atoms with Gasteiger partial charge in [0.1, 0.15) is 11.6 Å². The van der Waals surface area contributed by atoms with E-state index in [9.17, 15) is 8.78 Å². The van der Waals surface area contributed by atoms with Crippen LogP contribution in [0.1, 0.15) is 19.4 Å². The van der Waals surface area contributed by atoms with Crippen LogP contribution in [0.3, 0.4) is 0 Å². The summed E-state index contributed by atoms with van der Waals surface area (Å²) in [5.74, 6) is -1.14. The lowest BCUT2D eigenvalue weighted by Crippen LogP contribution is -2.47. The smallest absolute Gasteiger partial charge is 0.407 e. The van der Waals surface area contributed by atoms with Crippen molar-refractivity contribution in [2.45, 2.75) is 20.8 Å². The molecule has 0 amide bonds. The molecule has 2 nitrogen and oxygen atoms in total. The fourth-order valence-corrected chi connectivity index (χ4v) is 1.69. The molecule has 0 N–H and O–H groups in total. The number of halogens is 2. The first kappa shape index (κ1) is 12.5. The monoisotopic (exact) mass is 240 g/mol. The van der Waals surface area contributed by atoms with Crippen molar-refractivity contribution in [3.63, 3.8) is 0 Å². The van der Waals surface area contributed by atoms with Crippen LogP contribution in [0.4, 0.5) is 8.78 Å². The first-order chi connectivity index (χ1) is 7.89. The van der Waals surface area contributed by atoms with Crippen molar-refractivity contribution >= 4 is 12.6 Å². The van der Waals surface area contributed by atoms with Crippen LogP contribution in [0.2, 0.25) is 0 Å². The summed E-state index contributed by atoms with van der Waals surface area (Å²) in [5.41, 5.74) is 0.351. The highest BCUT2D eigenvalue weighted by atomic mass is 19.1. The zero-order valence-electron chi connectivity index (χ0n) is 10.2. The Balaban J connectivity index is 2.19. The fraction of sp³-hybridized carbons (Fsp3) is 0.500. The SMILES string of the molecule is Cc1c(F)cc(B2OCC(C)(C)CO2)cc1F. The highest BCUT2D eigenvalue weighted by Gasteiger charge is 2.34. The molecule has 0 atom stereocenters. The van der Waals surface area contributed by atoms with Crippen molar-refractivity contribution in [3.8, 4) is 0 Å². The van der Waals surface area contributed by atoms with Crippen molar-refractivity contribution in [2.24, 2.45) is 5.41 Å². The summed E-state index contributed by atoms with van der Waals surface area (Å²) in [6.07, 6.45) is 0. The van der Waals surface area contributed by atoms with Crippen molar-refractivity contribution < 1.29 is 18.1 Å². The van der Waals surface area contributed by atoms with Crippen molar-refractivity contribution in [3.05, 3.63) is 29.3 Å². The Kier molecular flexibility index (Phi) is 3.23. The summed E-state index contributed by atoms with van der Waals surface area (Å²) in [7, 11) is -0.673. The third kappa shape index (κ3) is 2.66. The van der Waals surface area contributed by atoms with Gasteiger partial charge in [-0.25, -0.2) is 8.78 Å². The number of rotatable bonds is 1. The summed E-state index contributed by atoms with van der Waals surface area (Å²) in [4.78, 5) is 0. The average molecular weight is 240 g/mol. The molecule has 0 saturated carbocycles. The Labute approximate surface area is 100 Å². The molecule has 1 aromatic carbocycles. The van der Waals surface area contributed by atoms with E-state index >= 15 is 0 Å². The second-order valence-corrected chi connectivity index (χ2v) is 5.23. The van der Waals surface area contributed by atoms with Crippen LogP contribution < -0.4 is 5.46 Å². The van der Waals surface area contributed by atoms with E-state index in [0.29, 0.717) is 18.7 Å². The molecule has 0 aliphatic carbocycles. The van der Waals surface area contributed by atoms with E-state index in [4.69, 9.17) is 9.31 Å². The van der Waals surface area contributed by atoms with E-state index < -0.39 is 18.8 Å². The van der Waals surface area contributed by atoms with E-state index in [1.807, 2.05) is 13.8 Å². The highest BCUT2D eigenvalue weighted by Crippen LogP contribution is 2.21. The lowest BCUT2D eigenvalue weighted by atomic mass is 9.75. The van der Waals surface area contributed by atoms with Crippen LogP contribution >= 0.6 is 0 Å². The molecule has 1 aliphatic heterocycles. The Morgan fingerprint density at radius 1 is 1.12 bits per heavy atom. The molecule has 0 aromatic heterocycles. The van der Waals surface area contributed by atoms with Gasteiger partial charge in [0.05, 0.1) is 0 Å². The summed E-state index contributed by atoms with van der Waals surface area (Å²) in [6.45, 7) is 6.45. The second-order valence-electron chi connectivity index (χ2n) is 5.23. The molecule has 1 aromatic rings. The highest BCUT2D eigenvalue weighted by molar-refractivity contribution is 6.61. The van der Waals surface area contributed by atoms with Gasteiger partial charge in [-0.1, -0.05) is 13.8 Å². The molecular weight excluding hydrogens is 225 g/mol. The molecule has 92 valence electrons. The molecule has 0 spiro atoms. The maximum Gasteiger partial charge on any atom is 0.494 e. The Hall–Kier alpha value is -0.935. The van der Waals surface area contributed by atoms with Crippen LogP contribution in [-0.2, 0) is 9.31 Å². The summed E-state index contributed by atoms with van der Waals surface area (Å²) in [5, 5.41) is 0. The second kappa shape index (κ2) is 4.39. The van der Waals surface area contributed by atoms with Gasteiger partial charge in [-0.05, 0) is 24.5 Å². The number of benzene rings is 1. The van der Waals surface area contributed by atoms with Gasteiger partial charge in [-0.2, -0.15) is 0 Å². The first-order valence-corrected chi connectivity index (χ1v) is 5.58. The van der Waals surface area contributed by atoms with Gasteiger partial charge in [0.15, 0.2) is 0 Å². The summed E-state index contributed by atoms with van der Waals surface area (Å²) < 4.78 is 37.7. The molecular formula is C12H15BF2O2. The largest absolute Gasteiger partial charge is 0.494 e. The maximum absolute atomic E-state index is 13.4. The minimum Gasteiger partial charge on any atom is -0.407 e. The Morgan fingerprint density at radius 2 is 1.59 bits per heavy atom. The minimum atomic E-state index is -0.673. The molecule has 0 radical (unpaired) electrons. The Morgan fingerprint density at radius 3 is 2.06 bits per heavy atom. The van der Waals surface area contributed by atoms with Gasteiger partial charge in [0, 0.05) is 24.2 Å². The molecule has 0 bridgehead atoms. The van der Waals surface area contributed by atoms with Crippen molar-refractivity contribution in [1.29, 1.82) is 0 Å². The average Bonchev–Trinajstić information content (AvgIpc) is 2.25. The van der Waals surface area contributed by atoms with E-state index in [1.165, 1.54) is 19.1 Å². The van der Waals surface area contributed by atoms with Crippen LogP contribution in [-0.4, -0.2) is 20.3 Å². The lowest BCUT2D eigenvalue weighted by Gasteiger charge is -2.33. The molecule has 1 heterocycles. The van der Waals surface area contributed by atoms with E-state index in [-0.39, 0.29) is 11.0 Å². The zero-order valence-corrected chi connectivity index (χ0v) is 10.2. The molecule has 1 saturated heterocycles. The minimum absolute atomic E-state index is 0.0184. The van der Waals surface area contributed by atoms with Gasteiger partial charge < -0.3 is 9.31 Å². The normalized spacial score (nSPS) is 19.5. The standard InChI is InChI=1S/C12H15BF2O2/c1-8-10(14)4-9(5-11(8)15)13-16-6-12(2,3)7-17-13/h4-5H,6-7H2,1-3H3. The zero-order chi connectivity index (χ0) is 12.6. The third-order valence-corrected chi connectivity index (χ3v) is 2.83. The maximum atomic E-state index is 13.4. The third-order valence-electron chi connectivity index (χ3n) is 2.83. The summed E-state index contributed by atoms with van der Waals surface area (Å²) >= 11 is 0. The molecule has 1 fully saturated rings. The van der Waals surface area contributed by atoms with Gasteiger partial charge in [-0.15, -0.1) is 0 Å². The molecule has 5 heteroatoms. The fourth-order valence-electron chi connectivity index (χ4n) is 1.69. The van der Waals surface area contributed by atoms with Crippen molar-refractivity contribution in [2.75, 3.05) is 13.2 Å². The van der Waals surface area contributed by atoms with Crippen molar-refractivity contribution in [1.82, 2.24) is 0 Å². The molecule has 17 heavy (non-hydrogen) atoms. The predicted molar refractivity (Wildman–Crippen MR) is 62.2 cm³/mol. The lowest BCUT2D eigenvalue weighted by molar-refractivity contribution is 0.0342. The van der Waals surface area contributed by atoms with Crippen LogP contribution in [0.5, 0.6) is 0 Å². The number of hydrogen-bond acceptors (Lipinski definition) is 2. The summed E-state index contributed by atoms with van der Waals surface area (Å²) in [6, 6.07) is 2.53. The Bertz CT molecular complexity index is 402. The van der Waals surface area contributed by atoms with Gasteiger partial charge in [0.25, 0.3) is 0 Å². The van der Waals surface area contributed by atoms with E-state index in [1.54, 1.807) is 0 Å². The number of hydrogen-bond donors (Lipinski definition) is 0. The quantitative estimate of drug-likeness (QED) is 0.699. The van der Waals surface area contributed by atoms with Crippen LogP contribution in [0.25, 0.3) is 0 Å². The van der Waals surface area contributed by atoms with Gasteiger partial charge in [0.2, 0.25) is 0 Å². The van der Waals surface area contributed by atoms with Crippen LogP contribution in [0, 0.1) is 24.0 Å². The molecule has 1 aliphatic rings. The van der Waals surface area contributed by atoms with E-state index in [0.717, 1.165) is 0 Å². The van der Waals surface area contributed by atoms with Gasteiger partial charge in [-0.3, -0.25) is 0 Å².